The number of amides is 1. The number of carbonyl (C=O) groups excluding carboxylic acids is 1. The molecule has 4 heteroatoms. The van der Waals surface area contributed by atoms with Crippen LogP contribution in [0.15, 0.2) is 0 Å². The highest BCUT2D eigenvalue weighted by atomic mass is 16.4. The molecule has 0 unspecified atom stereocenters. The first-order valence-corrected chi connectivity index (χ1v) is 6.66. The molecule has 2 fully saturated rings. The van der Waals surface area contributed by atoms with E-state index in [1.165, 1.54) is 0 Å². The molecular formula is C13H21NO3. The molecule has 0 aromatic heterocycles. The first kappa shape index (κ1) is 12.4. The molecule has 0 spiro atoms. The van der Waals surface area contributed by atoms with E-state index in [4.69, 9.17) is 5.11 Å². The zero-order valence-corrected chi connectivity index (χ0v) is 10.3. The van der Waals surface area contributed by atoms with Gasteiger partial charge < -0.3 is 10.0 Å². The number of carboxylic acids is 1. The average molecular weight is 239 g/mol. The third kappa shape index (κ3) is 2.61. The predicted octanol–water partition coefficient (Wildman–Crippen LogP) is 2.18. The summed E-state index contributed by atoms with van der Waals surface area (Å²) in [5.41, 5.74) is -0.368. The van der Waals surface area contributed by atoms with Crippen molar-refractivity contribution < 1.29 is 14.7 Å². The van der Waals surface area contributed by atoms with Crippen molar-refractivity contribution in [1.29, 1.82) is 0 Å². The van der Waals surface area contributed by atoms with Crippen molar-refractivity contribution in [2.75, 3.05) is 6.54 Å². The molecule has 1 aliphatic heterocycles. The second-order valence-electron chi connectivity index (χ2n) is 5.36. The summed E-state index contributed by atoms with van der Waals surface area (Å²) in [6, 6.07) is 0. The van der Waals surface area contributed by atoms with Gasteiger partial charge in [-0.2, -0.15) is 0 Å². The summed E-state index contributed by atoms with van der Waals surface area (Å²) in [5, 5.41) is 9.09. The van der Waals surface area contributed by atoms with Crippen LogP contribution in [-0.2, 0) is 9.59 Å². The van der Waals surface area contributed by atoms with Crippen molar-refractivity contribution in [3.05, 3.63) is 0 Å². The second-order valence-corrected chi connectivity index (χ2v) is 5.36. The summed E-state index contributed by atoms with van der Waals surface area (Å²) in [5.74, 6) is -0.602. The Kier molecular flexibility index (Phi) is 3.69. The van der Waals surface area contributed by atoms with Gasteiger partial charge >= 0.3 is 5.97 Å². The molecule has 2 rings (SSSR count). The molecule has 17 heavy (non-hydrogen) atoms. The molecule has 1 heterocycles. The summed E-state index contributed by atoms with van der Waals surface area (Å²) in [6.45, 7) is 0.756. The average Bonchev–Trinajstić information content (AvgIpc) is 2.60. The quantitative estimate of drug-likeness (QED) is 0.821. The van der Waals surface area contributed by atoms with Gasteiger partial charge in [0.15, 0.2) is 0 Å². The van der Waals surface area contributed by atoms with Gasteiger partial charge in [-0.25, -0.2) is 0 Å². The van der Waals surface area contributed by atoms with E-state index >= 15 is 0 Å². The van der Waals surface area contributed by atoms with Crippen molar-refractivity contribution in [3.8, 4) is 0 Å². The van der Waals surface area contributed by atoms with Crippen LogP contribution < -0.4 is 0 Å². The molecule has 0 aromatic carbocycles. The minimum Gasteiger partial charge on any atom is -0.481 e. The molecule has 96 valence electrons. The van der Waals surface area contributed by atoms with E-state index in [2.05, 4.69) is 0 Å². The lowest BCUT2D eigenvalue weighted by molar-refractivity contribution is -0.145. The normalized spacial score (nSPS) is 24.7. The Morgan fingerprint density at radius 1 is 1.18 bits per heavy atom. The molecule has 0 radical (unpaired) electrons. The number of likely N-dealkylation sites (tertiary alicyclic amines) is 1. The lowest BCUT2D eigenvalue weighted by atomic mass is 9.90. The predicted molar refractivity (Wildman–Crippen MR) is 63.6 cm³/mol. The number of hydrogen-bond acceptors (Lipinski definition) is 2. The van der Waals surface area contributed by atoms with Gasteiger partial charge in [-0.15, -0.1) is 0 Å². The number of carbonyl (C=O) groups is 2. The Labute approximate surface area is 102 Å². The standard InChI is InChI=1S/C13H21NO3/c15-11-6-2-1-5-9-14(11)13(10-12(16)17)7-3-4-8-13/h1-10H2,(H,16,17). The van der Waals surface area contributed by atoms with Gasteiger partial charge in [0.05, 0.1) is 12.0 Å². The van der Waals surface area contributed by atoms with Gasteiger partial charge in [0.2, 0.25) is 5.91 Å². The summed E-state index contributed by atoms with van der Waals surface area (Å²) in [6.07, 6.45) is 7.63. The highest BCUT2D eigenvalue weighted by Crippen LogP contribution is 2.39. The van der Waals surface area contributed by atoms with Crippen LogP contribution >= 0.6 is 0 Å². The molecule has 0 aromatic rings. The van der Waals surface area contributed by atoms with Crippen LogP contribution in [0.5, 0.6) is 0 Å². The molecule has 1 amide bonds. The third-order valence-corrected chi connectivity index (χ3v) is 4.16. The minimum absolute atomic E-state index is 0.124. The summed E-state index contributed by atoms with van der Waals surface area (Å²) in [7, 11) is 0. The Balaban J connectivity index is 2.18. The van der Waals surface area contributed by atoms with Gasteiger partial charge in [-0.3, -0.25) is 9.59 Å². The smallest absolute Gasteiger partial charge is 0.305 e. The van der Waals surface area contributed by atoms with Gasteiger partial charge in [-0.1, -0.05) is 19.3 Å². The van der Waals surface area contributed by atoms with E-state index in [0.29, 0.717) is 6.42 Å². The van der Waals surface area contributed by atoms with E-state index in [0.717, 1.165) is 51.5 Å². The lowest BCUT2D eigenvalue weighted by Gasteiger charge is -2.40. The van der Waals surface area contributed by atoms with E-state index in [-0.39, 0.29) is 17.9 Å². The van der Waals surface area contributed by atoms with Crippen molar-refractivity contribution in [2.45, 2.75) is 63.3 Å². The van der Waals surface area contributed by atoms with Gasteiger partial charge in [0.1, 0.15) is 0 Å². The summed E-state index contributed by atoms with van der Waals surface area (Å²) < 4.78 is 0. The monoisotopic (exact) mass is 239 g/mol. The minimum atomic E-state index is -0.774. The van der Waals surface area contributed by atoms with Crippen LogP contribution in [0, 0.1) is 0 Å². The van der Waals surface area contributed by atoms with Crippen LogP contribution in [0.3, 0.4) is 0 Å². The molecule has 1 saturated carbocycles. The molecule has 0 bridgehead atoms. The van der Waals surface area contributed by atoms with E-state index in [1.54, 1.807) is 0 Å². The van der Waals surface area contributed by atoms with Crippen molar-refractivity contribution in [3.63, 3.8) is 0 Å². The maximum absolute atomic E-state index is 12.1. The summed E-state index contributed by atoms with van der Waals surface area (Å²) >= 11 is 0. The molecule has 0 atom stereocenters. The summed E-state index contributed by atoms with van der Waals surface area (Å²) in [4.78, 5) is 25.1. The lowest BCUT2D eigenvalue weighted by Crippen LogP contribution is -2.51. The van der Waals surface area contributed by atoms with Crippen LogP contribution in [0.1, 0.15) is 57.8 Å². The van der Waals surface area contributed by atoms with Crippen LogP contribution in [-0.4, -0.2) is 34.0 Å². The van der Waals surface area contributed by atoms with Crippen molar-refractivity contribution >= 4 is 11.9 Å². The van der Waals surface area contributed by atoms with Gasteiger partial charge in [0.25, 0.3) is 0 Å². The highest BCUT2D eigenvalue weighted by molar-refractivity contribution is 5.79. The Morgan fingerprint density at radius 3 is 2.53 bits per heavy atom. The zero-order chi connectivity index (χ0) is 12.3. The van der Waals surface area contributed by atoms with Crippen molar-refractivity contribution in [1.82, 2.24) is 4.90 Å². The zero-order valence-electron chi connectivity index (χ0n) is 10.3. The van der Waals surface area contributed by atoms with E-state index < -0.39 is 5.97 Å². The molecule has 1 aliphatic carbocycles. The fourth-order valence-electron chi connectivity index (χ4n) is 3.34. The third-order valence-electron chi connectivity index (χ3n) is 4.16. The fraction of sp³-hybridized carbons (Fsp3) is 0.846. The van der Waals surface area contributed by atoms with Gasteiger partial charge in [0, 0.05) is 13.0 Å². The number of aliphatic carboxylic acids is 1. The van der Waals surface area contributed by atoms with Gasteiger partial charge in [-0.05, 0) is 25.7 Å². The van der Waals surface area contributed by atoms with E-state index in [9.17, 15) is 9.59 Å². The molecule has 4 nitrogen and oxygen atoms in total. The largest absolute Gasteiger partial charge is 0.481 e. The molecular weight excluding hydrogens is 218 g/mol. The number of nitrogens with zero attached hydrogens (tertiary/aromatic N) is 1. The second kappa shape index (κ2) is 5.07. The first-order valence-electron chi connectivity index (χ1n) is 6.66. The number of hydrogen-bond donors (Lipinski definition) is 1. The number of rotatable bonds is 3. The maximum atomic E-state index is 12.1. The Hall–Kier alpha value is -1.06. The van der Waals surface area contributed by atoms with Crippen LogP contribution in [0.4, 0.5) is 0 Å². The Morgan fingerprint density at radius 2 is 1.88 bits per heavy atom. The topological polar surface area (TPSA) is 57.6 Å². The number of carboxylic acid groups (broad SMARTS) is 1. The molecule has 2 aliphatic rings. The maximum Gasteiger partial charge on any atom is 0.305 e. The van der Waals surface area contributed by atoms with Crippen LogP contribution in [0.25, 0.3) is 0 Å². The van der Waals surface area contributed by atoms with Crippen LogP contribution in [0.2, 0.25) is 0 Å². The van der Waals surface area contributed by atoms with E-state index in [1.807, 2.05) is 4.90 Å². The first-order chi connectivity index (χ1) is 8.14. The fourth-order valence-corrected chi connectivity index (χ4v) is 3.34. The SMILES string of the molecule is O=C(O)CC1(N2CCCCCC2=O)CCCC1. The molecule has 1 N–H and O–H groups in total. The molecule has 1 saturated heterocycles. The van der Waals surface area contributed by atoms with Crippen molar-refractivity contribution in [2.24, 2.45) is 0 Å². The Bertz CT molecular complexity index is 308. The highest BCUT2D eigenvalue weighted by Gasteiger charge is 2.43.